The van der Waals surface area contributed by atoms with Crippen molar-refractivity contribution in [2.45, 2.75) is 31.7 Å². The topological polar surface area (TPSA) is 66.1 Å². The molecule has 1 atom stereocenters. The van der Waals surface area contributed by atoms with Gasteiger partial charge in [0.05, 0.1) is 23.7 Å². The van der Waals surface area contributed by atoms with Crippen molar-refractivity contribution in [3.63, 3.8) is 0 Å². The first-order valence-corrected chi connectivity index (χ1v) is 10.6. The molecule has 24 heavy (non-hydrogen) atoms. The van der Waals surface area contributed by atoms with Gasteiger partial charge < -0.3 is 4.98 Å². The van der Waals surface area contributed by atoms with E-state index in [1.807, 2.05) is 24.4 Å². The molecule has 0 spiro atoms. The van der Waals surface area contributed by atoms with Crippen LogP contribution in [0.2, 0.25) is 0 Å². The summed E-state index contributed by atoms with van der Waals surface area (Å²) in [5.41, 5.74) is 2.17. The maximum absolute atomic E-state index is 11.3. The molecule has 1 fully saturated rings. The molecule has 0 amide bonds. The fourth-order valence-corrected chi connectivity index (χ4v) is 4.02. The molecule has 1 aromatic carbocycles. The van der Waals surface area contributed by atoms with E-state index < -0.39 is 9.84 Å². The maximum Gasteiger partial charge on any atom is 0.147 e. The molecule has 0 saturated carbocycles. The number of aromatic nitrogens is 2. The number of likely N-dealkylation sites (tertiary alicyclic amines) is 1. The zero-order chi connectivity index (χ0) is 17.0. The number of aromatic amines is 1. The SMILES string of the molecule is CS(=O)(=O)CCCN1CCCC[C@H]1c1ncc(-c2ccccc2)[nH]1. The van der Waals surface area contributed by atoms with Crippen molar-refractivity contribution in [3.8, 4) is 11.3 Å². The molecule has 0 radical (unpaired) electrons. The third-order valence-electron chi connectivity index (χ3n) is 4.57. The number of H-pyrrole nitrogens is 1. The van der Waals surface area contributed by atoms with E-state index in [4.69, 9.17) is 0 Å². The minimum atomic E-state index is -2.89. The molecule has 1 aromatic heterocycles. The van der Waals surface area contributed by atoms with Crippen LogP contribution in [0, 0.1) is 0 Å². The summed E-state index contributed by atoms with van der Waals surface area (Å²) in [6.07, 6.45) is 7.31. The lowest BCUT2D eigenvalue weighted by Crippen LogP contribution is -2.35. The summed E-state index contributed by atoms with van der Waals surface area (Å²) in [4.78, 5) is 10.4. The molecule has 1 aliphatic heterocycles. The van der Waals surface area contributed by atoms with Gasteiger partial charge in [0.2, 0.25) is 0 Å². The van der Waals surface area contributed by atoms with Gasteiger partial charge in [0, 0.05) is 6.26 Å². The fraction of sp³-hybridized carbons (Fsp3) is 0.500. The summed E-state index contributed by atoms with van der Waals surface area (Å²) in [5.74, 6) is 1.25. The summed E-state index contributed by atoms with van der Waals surface area (Å²) in [6, 6.07) is 10.5. The summed E-state index contributed by atoms with van der Waals surface area (Å²) in [6.45, 7) is 1.81. The lowest BCUT2D eigenvalue weighted by atomic mass is 10.0. The number of hydrogen-bond acceptors (Lipinski definition) is 4. The first-order chi connectivity index (χ1) is 11.5. The van der Waals surface area contributed by atoms with Crippen molar-refractivity contribution >= 4 is 9.84 Å². The highest BCUT2D eigenvalue weighted by atomic mass is 32.2. The normalized spacial score (nSPS) is 19.5. The van der Waals surface area contributed by atoms with Gasteiger partial charge in [-0.25, -0.2) is 13.4 Å². The Balaban J connectivity index is 1.70. The second-order valence-electron chi connectivity index (χ2n) is 6.58. The predicted molar refractivity (Wildman–Crippen MR) is 96.5 cm³/mol. The van der Waals surface area contributed by atoms with Crippen LogP contribution < -0.4 is 0 Å². The molecule has 1 aliphatic rings. The molecule has 5 nitrogen and oxygen atoms in total. The second-order valence-corrected chi connectivity index (χ2v) is 8.84. The highest BCUT2D eigenvalue weighted by Crippen LogP contribution is 2.30. The molecule has 1 N–H and O–H groups in total. The smallest absolute Gasteiger partial charge is 0.147 e. The molecule has 2 heterocycles. The minimum Gasteiger partial charge on any atom is -0.341 e. The molecular formula is C18H25N3O2S. The van der Waals surface area contributed by atoms with Gasteiger partial charge in [-0.15, -0.1) is 0 Å². The van der Waals surface area contributed by atoms with Crippen LogP contribution in [0.25, 0.3) is 11.3 Å². The maximum atomic E-state index is 11.3. The van der Waals surface area contributed by atoms with E-state index in [1.165, 1.54) is 19.1 Å². The van der Waals surface area contributed by atoms with Crippen molar-refractivity contribution in [3.05, 3.63) is 42.4 Å². The third-order valence-corrected chi connectivity index (χ3v) is 5.60. The number of hydrogen-bond donors (Lipinski definition) is 1. The van der Waals surface area contributed by atoms with E-state index in [2.05, 4.69) is 27.0 Å². The molecule has 3 rings (SSSR count). The van der Waals surface area contributed by atoms with Crippen molar-refractivity contribution in [2.24, 2.45) is 0 Å². The number of sulfone groups is 1. The lowest BCUT2D eigenvalue weighted by molar-refractivity contribution is 0.143. The van der Waals surface area contributed by atoms with Gasteiger partial charge in [0.1, 0.15) is 15.7 Å². The van der Waals surface area contributed by atoms with E-state index in [0.29, 0.717) is 6.42 Å². The Morgan fingerprint density at radius 2 is 2.04 bits per heavy atom. The van der Waals surface area contributed by atoms with Gasteiger partial charge in [-0.1, -0.05) is 36.8 Å². The Bertz CT molecular complexity index is 756. The Labute approximate surface area is 144 Å². The summed E-state index contributed by atoms with van der Waals surface area (Å²) < 4.78 is 22.7. The number of rotatable bonds is 6. The summed E-state index contributed by atoms with van der Waals surface area (Å²) in [7, 11) is -2.89. The molecule has 6 heteroatoms. The molecular weight excluding hydrogens is 322 g/mol. The molecule has 0 unspecified atom stereocenters. The van der Waals surface area contributed by atoms with Crippen LogP contribution in [0.15, 0.2) is 36.5 Å². The largest absolute Gasteiger partial charge is 0.341 e. The van der Waals surface area contributed by atoms with Crippen molar-refractivity contribution in [1.82, 2.24) is 14.9 Å². The highest BCUT2D eigenvalue weighted by molar-refractivity contribution is 7.90. The van der Waals surface area contributed by atoms with Gasteiger partial charge >= 0.3 is 0 Å². The van der Waals surface area contributed by atoms with Crippen LogP contribution in [0.4, 0.5) is 0 Å². The van der Waals surface area contributed by atoms with Gasteiger partial charge in [-0.2, -0.15) is 0 Å². The van der Waals surface area contributed by atoms with Crippen LogP contribution in [0.5, 0.6) is 0 Å². The minimum absolute atomic E-state index is 0.254. The van der Waals surface area contributed by atoms with E-state index in [1.54, 1.807) is 0 Å². The first kappa shape index (κ1) is 17.2. The number of imidazole rings is 1. The number of benzene rings is 1. The van der Waals surface area contributed by atoms with Gasteiger partial charge in [-0.3, -0.25) is 4.90 Å². The van der Waals surface area contributed by atoms with Crippen LogP contribution in [0.3, 0.4) is 0 Å². The quantitative estimate of drug-likeness (QED) is 0.872. The summed E-state index contributed by atoms with van der Waals surface area (Å²) in [5, 5.41) is 0. The lowest BCUT2D eigenvalue weighted by Gasteiger charge is -2.34. The zero-order valence-corrected chi connectivity index (χ0v) is 14.9. The summed E-state index contributed by atoms with van der Waals surface area (Å²) >= 11 is 0. The van der Waals surface area contributed by atoms with Crippen LogP contribution in [-0.4, -0.2) is 48.4 Å². The monoisotopic (exact) mass is 347 g/mol. The second kappa shape index (κ2) is 7.49. The predicted octanol–water partition coefficient (Wildman–Crippen LogP) is 3.04. The highest BCUT2D eigenvalue weighted by Gasteiger charge is 2.26. The Morgan fingerprint density at radius 1 is 1.25 bits per heavy atom. The number of piperidine rings is 1. The molecule has 2 aromatic rings. The Morgan fingerprint density at radius 3 is 2.79 bits per heavy atom. The number of nitrogens with zero attached hydrogens (tertiary/aromatic N) is 2. The van der Waals surface area contributed by atoms with Crippen molar-refractivity contribution in [2.75, 3.05) is 25.1 Å². The average Bonchev–Trinajstić information content (AvgIpc) is 3.05. The van der Waals surface area contributed by atoms with Gasteiger partial charge in [-0.05, 0) is 37.9 Å². The standard InChI is InChI=1S/C18H25N3O2S/c1-24(22,23)13-7-12-21-11-6-5-10-17(21)18-19-14-16(20-18)15-8-3-2-4-9-15/h2-4,8-9,14,17H,5-7,10-13H2,1H3,(H,19,20)/t17-/m0/s1. The zero-order valence-electron chi connectivity index (χ0n) is 14.1. The molecule has 0 aliphatic carbocycles. The fourth-order valence-electron chi connectivity index (χ4n) is 3.37. The van der Waals surface area contributed by atoms with E-state index in [9.17, 15) is 8.42 Å². The van der Waals surface area contributed by atoms with Crippen LogP contribution in [-0.2, 0) is 9.84 Å². The molecule has 1 saturated heterocycles. The Hall–Kier alpha value is -1.66. The van der Waals surface area contributed by atoms with Gasteiger partial charge in [0.25, 0.3) is 0 Å². The van der Waals surface area contributed by atoms with Gasteiger partial charge in [0.15, 0.2) is 0 Å². The molecule has 0 bridgehead atoms. The third kappa shape index (κ3) is 4.45. The Kier molecular flexibility index (Phi) is 5.36. The van der Waals surface area contributed by atoms with Crippen LogP contribution >= 0.6 is 0 Å². The van der Waals surface area contributed by atoms with Crippen molar-refractivity contribution in [1.29, 1.82) is 0 Å². The van der Waals surface area contributed by atoms with E-state index in [-0.39, 0.29) is 11.8 Å². The van der Waals surface area contributed by atoms with Crippen molar-refractivity contribution < 1.29 is 8.42 Å². The van der Waals surface area contributed by atoms with E-state index in [0.717, 1.165) is 36.6 Å². The molecule has 130 valence electrons. The first-order valence-electron chi connectivity index (χ1n) is 8.55. The average molecular weight is 347 g/mol. The van der Waals surface area contributed by atoms with Crippen LogP contribution in [0.1, 0.15) is 37.5 Å². The number of nitrogens with one attached hydrogen (secondary N) is 1. The van der Waals surface area contributed by atoms with E-state index >= 15 is 0 Å².